The fourth-order valence-electron chi connectivity index (χ4n) is 2.65. The summed E-state index contributed by atoms with van der Waals surface area (Å²) in [5.74, 6) is 0.969. The van der Waals surface area contributed by atoms with Gasteiger partial charge in [-0.3, -0.25) is 0 Å². The van der Waals surface area contributed by atoms with Crippen LogP contribution in [0.15, 0.2) is 42.5 Å². The van der Waals surface area contributed by atoms with Crippen LogP contribution in [-0.4, -0.2) is 24.8 Å². The van der Waals surface area contributed by atoms with Crippen LogP contribution in [0.1, 0.15) is 28.4 Å². The van der Waals surface area contributed by atoms with Gasteiger partial charge in [-0.25, -0.2) is 0 Å². The van der Waals surface area contributed by atoms with Crippen LogP contribution < -0.4 is 10.1 Å². The van der Waals surface area contributed by atoms with Gasteiger partial charge in [-0.1, -0.05) is 48.0 Å². The number of benzene rings is 2. The van der Waals surface area contributed by atoms with E-state index in [1.165, 1.54) is 16.7 Å². The normalized spacial score (nSPS) is 12.2. The third-order valence-electron chi connectivity index (χ3n) is 3.65. The van der Waals surface area contributed by atoms with Crippen molar-refractivity contribution in [3.05, 3.63) is 64.7 Å². The maximum Gasteiger partial charge on any atom is 0.125 e. The summed E-state index contributed by atoms with van der Waals surface area (Å²) in [6.07, 6.45) is -0.482. The molecule has 0 saturated heterocycles. The zero-order valence-corrected chi connectivity index (χ0v) is 13.6. The molecule has 0 saturated carbocycles. The van der Waals surface area contributed by atoms with Crippen LogP contribution in [0.4, 0.5) is 0 Å². The summed E-state index contributed by atoms with van der Waals surface area (Å²) in [5, 5.41) is 13.3. The van der Waals surface area contributed by atoms with Crippen molar-refractivity contribution < 1.29 is 9.84 Å². The lowest BCUT2D eigenvalue weighted by Crippen LogP contribution is -2.26. The average Bonchev–Trinajstić information content (AvgIpc) is 2.49. The first-order chi connectivity index (χ1) is 10.6. The number of hydrogen-bond donors (Lipinski definition) is 2. The van der Waals surface area contributed by atoms with Crippen molar-refractivity contribution in [3.8, 4) is 5.75 Å². The minimum absolute atomic E-state index is 0.482. The van der Waals surface area contributed by atoms with Gasteiger partial charge in [0.1, 0.15) is 12.4 Å². The van der Waals surface area contributed by atoms with Gasteiger partial charge < -0.3 is 15.2 Å². The van der Waals surface area contributed by atoms with E-state index in [-0.39, 0.29) is 0 Å². The molecule has 2 aromatic rings. The van der Waals surface area contributed by atoms with E-state index in [2.05, 4.69) is 38.2 Å². The third kappa shape index (κ3) is 4.58. The fraction of sp³-hybridized carbons (Fsp3) is 0.368. The molecule has 3 nitrogen and oxygen atoms in total. The lowest BCUT2D eigenvalue weighted by Gasteiger charge is -2.15. The molecule has 0 spiro atoms. The molecule has 1 unspecified atom stereocenters. The Morgan fingerprint density at radius 1 is 1.05 bits per heavy atom. The van der Waals surface area contributed by atoms with Crippen molar-refractivity contribution in [2.75, 3.05) is 19.7 Å². The predicted octanol–water partition coefficient (Wildman–Crippen LogP) is 3.31. The van der Waals surface area contributed by atoms with Crippen LogP contribution in [0.2, 0.25) is 0 Å². The molecule has 3 heteroatoms. The molecule has 0 amide bonds. The van der Waals surface area contributed by atoms with E-state index in [0.29, 0.717) is 19.7 Å². The van der Waals surface area contributed by atoms with Crippen molar-refractivity contribution in [2.24, 2.45) is 0 Å². The van der Waals surface area contributed by atoms with Gasteiger partial charge in [0.2, 0.25) is 0 Å². The lowest BCUT2D eigenvalue weighted by atomic mass is 10.1. The van der Waals surface area contributed by atoms with Gasteiger partial charge in [-0.05, 0) is 37.5 Å². The summed E-state index contributed by atoms with van der Waals surface area (Å²) in [4.78, 5) is 0. The molecule has 0 radical (unpaired) electrons. The minimum Gasteiger partial charge on any atom is -0.492 e. The number of aliphatic hydroxyl groups is 1. The minimum atomic E-state index is -0.482. The highest BCUT2D eigenvalue weighted by Gasteiger charge is 2.07. The summed E-state index contributed by atoms with van der Waals surface area (Å²) in [6.45, 7) is 8.06. The highest BCUT2D eigenvalue weighted by atomic mass is 16.5. The van der Waals surface area contributed by atoms with Crippen molar-refractivity contribution in [2.45, 2.75) is 26.9 Å². The molecule has 0 fully saturated rings. The topological polar surface area (TPSA) is 41.5 Å². The highest BCUT2D eigenvalue weighted by molar-refractivity contribution is 5.42. The lowest BCUT2D eigenvalue weighted by molar-refractivity contribution is 0.172. The standard InChI is InChI=1S/C19H25NO2/c1-14-11-15(2)19(16(3)12-14)22-10-9-20-13-18(21)17-7-5-4-6-8-17/h4-8,11-12,18,20-21H,9-10,13H2,1-3H3. The van der Waals surface area contributed by atoms with Crippen molar-refractivity contribution in [3.63, 3.8) is 0 Å². The van der Waals surface area contributed by atoms with Gasteiger partial charge in [-0.2, -0.15) is 0 Å². The van der Waals surface area contributed by atoms with E-state index >= 15 is 0 Å². The second-order valence-corrected chi connectivity index (χ2v) is 5.71. The number of aliphatic hydroxyl groups excluding tert-OH is 1. The molecule has 0 aliphatic heterocycles. The zero-order chi connectivity index (χ0) is 15.9. The molecule has 0 aromatic heterocycles. The van der Waals surface area contributed by atoms with Gasteiger partial charge in [0, 0.05) is 13.1 Å². The summed E-state index contributed by atoms with van der Waals surface area (Å²) in [6, 6.07) is 14.0. The summed E-state index contributed by atoms with van der Waals surface area (Å²) >= 11 is 0. The molecule has 22 heavy (non-hydrogen) atoms. The molecule has 0 heterocycles. The second-order valence-electron chi connectivity index (χ2n) is 5.71. The van der Waals surface area contributed by atoms with Gasteiger partial charge in [0.05, 0.1) is 6.10 Å². The monoisotopic (exact) mass is 299 g/mol. The quantitative estimate of drug-likeness (QED) is 0.771. The molecule has 0 aliphatic rings. The number of rotatable bonds is 7. The van der Waals surface area contributed by atoms with Gasteiger partial charge >= 0.3 is 0 Å². The Hall–Kier alpha value is -1.84. The van der Waals surface area contributed by atoms with Crippen LogP contribution in [0, 0.1) is 20.8 Å². The number of ether oxygens (including phenoxy) is 1. The SMILES string of the molecule is Cc1cc(C)c(OCCNCC(O)c2ccccc2)c(C)c1. The molecule has 1 atom stereocenters. The maximum absolute atomic E-state index is 10.1. The third-order valence-corrected chi connectivity index (χ3v) is 3.65. The van der Waals surface area contributed by atoms with Crippen LogP contribution in [0.5, 0.6) is 5.75 Å². The summed E-state index contributed by atoms with van der Waals surface area (Å²) in [5.41, 5.74) is 4.52. The Balaban J connectivity index is 1.74. The first kappa shape index (κ1) is 16.5. The molecule has 118 valence electrons. The largest absolute Gasteiger partial charge is 0.492 e. The van der Waals surface area contributed by atoms with E-state index in [1.807, 2.05) is 30.3 Å². The summed E-state index contributed by atoms with van der Waals surface area (Å²) in [7, 11) is 0. The Morgan fingerprint density at radius 3 is 2.32 bits per heavy atom. The number of hydrogen-bond acceptors (Lipinski definition) is 3. The molecule has 0 bridgehead atoms. The van der Waals surface area contributed by atoms with Gasteiger partial charge in [-0.15, -0.1) is 0 Å². The maximum atomic E-state index is 10.1. The van der Waals surface area contributed by atoms with Crippen LogP contribution >= 0.6 is 0 Å². The highest BCUT2D eigenvalue weighted by Crippen LogP contribution is 2.24. The van der Waals surface area contributed by atoms with E-state index in [9.17, 15) is 5.11 Å². The number of nitrogens with one attached hydrogen (secondary N) is 1. The van der Waals surface area contributed by atoms with Gasteiger partial charge in [0.15, 0.2) is 0 Å². The van der Waals surface area contributed by atoms with Crippen molar-refractivity contribution in [1.82, 2.24) is 5.32 Å². The molecular weight excluding hydrogens is 274 g/mol. The van der Waals surface area contributed by atoms with Crippen molar-refractivity contribution >= 4 is 0 Å². The molecule has 2 N–H and O–H groups in total. The Morgan fingerprint density at radius 2 is 1.68 bits per heavy atom. The van der Waals surface area contributed by atoms with E-state index < -0.39 is 6.10 Å². The average molecular weight is 299 g/mol. The van der Waals surface area contributed by atoms with Crippen molar-refractivity contribution in [1.29, 1.82) is 0 Å². The molecule has 0 aliphatic carbocycles. The fourth-order valence-corrected chi connectivity index (χ4v) is 2.65. The smallest absolute Gasteiger partial charge is 0.125 e. The first-order valence-electron chi connectivity index (χ1n) is 7.72. The Kier molecular flexibility index (Phi) is 5.99. The number of aryl methyl sites for hydroxylation is 3. The second kappa shape index (κ2) is 7.97. The first-order valence-corrected chi connectivity index (χ1v) is 7.72. The van der Waals surface area contributed by atoms with Gasteiger partial charge in [0.25, 0.3) is 0 Å². The van der Waals surface area contributed by atoms with E-state index in [1.54, 1.807) is 0 Å². The molecule has 2 aromatic carbocycles. The van der Waals surface area contributed by atoms with Crippen LogP contribution in [-0.2, 0) is 0 Å². The molecular formula is C19H25NO2. The zero-order valence-electron chi connectivity index (χ0n) is 13.6. The predicted molar refractivity (Wildman–Crippen MR) is 90.4 cm³/mol. The van der Waals surface area contributed by atoms with Crippen LogP contribution in [0.3, 0.4) is 0 Å². The molecule has 2 rings (SSSR count). The Bertz CT molecular complexity index is 573. The summed E-state index contributed by atoms with van der Waals surface area (Å²) < 4.78 is 5.87. The van der Waals surface area contributed by atoms with Crippen LogP contribution in [0.25, 0.3) is 0 Å². The van der Waals surface area contributed by atoms with E-state index in [0.717, 1.165) is 11.3 Å². The van der Waals surface area contributed by atoms with E-state index in [4.69, 9.17) is 4.74 Å². The Labute approximate surface area is 133 Å².